The third kappa shape index (κ3) is 6.14. The number of amides is 1. The van der Waals surface area contributed by atoms with Crippen molar-refractivity contribution in [2.45, 2.75) is 12.5 Å². The van der Waals surface area contributed by atoms with E-state index in [9.17, 15) is 9.18 Å². The number of nitrogens with two attached hydrogens (primary N) is 2. The topological polar surface area (TPSA) is 141 Å². The highest BCUT2D eigenvalue weighted by molar-refractivity contribution is 6.35. The first kappa shape index (κ1) is 28.9. The number of nitrogens with zero attached hydrogens (tertiary/aromatic N) is 5. The Kier molecular flexibility index (Phi) is 7.82. The van der Waals surface area contributed by atoms with Gasteiger partial charge in [-0.3, -0.25) is 9.48 Å². The van der Waals surface area contributed by atoms with Gasteiger partial charge in [0.25, 0.3) is 5.91 Å². The lowest BCUT2D eigenvalue weighted by atomic mass is 10.0. The molecule has 0 aliphatic heterocycles. The second-order valence-corrected chi connectivity index (χ2v) is 10.1. The Morgan fingerprint density at radius 2 is 1.78 bits per heavy atom. The molecule has 4 heterocycles. The molecule has 5 N–H and O–H groups in total. The van der Waals surface area contributed by atoms with E-state index in [4.69, 9.17) is 23.1 Å². The number of aromatic nitrogens is 6. The van der Waals surface area contributed by atoms with Crippen molar-refractivity contribution < 1.29 is 13.6 Å². The molecule has 1 atom stereocenters. The number of nitrogen functional groups attached to an aromatic ring is 1. The zero-order valence-electron chi connectivity index (χ0n) is 23.1. The van der Waals surface area contributed by atoms with Crippen molar-refractivity contribution in [3.63, 3.8) is 0 Å². The number of rotatable bonds is 4. The maximum Gasteiger partial charge on any atom is 0.251 e. The van der Waals surface area contributed by atoms with Gasteiger partial charge in [0.1, 0.15) is 17.3 Å². The number of benzene rings is 2. The Morgan fingerprint density at radius 3 is 2.58 bits per heavy atom. The van der Waals surface area contributed by atoms with Crippen LogP contribution in [0.5, 0.6) is 0 Å². The fourth-order valence-electron chi connectivity index (χ4n) is 4.61. The highest BCUT2D eigenvalue weighted by Gasteiger charge is 2.20. The largest absolute Gasteiger partial charge is 0.368 e. The van der Waals surface area contributed by atoms with Crippen molar-refractivity contribution >= 4 is 45.4 Å². The van der Waals surface area contributed by atoms with Gasteiger partial charge in [0.2, 0.25) is 5.95 Å². The summed E-state index contributed by atoms with van der Waals surface area (Å²) < 4.78 is 30.8. The summed E-state index contributed by atoms with van der Waals surface area (Å²) in [7, 11) is 0. The number of hydrogen-bond acceptors (Lipinski definition) is 6. The van der Waals surface area contributed by atoms with Crippen molar-refractivity contribution in [3.05, 3.63) is 112 Å². The van der Waals surface area contributed by atoms with Crippen LogP contribution in [-0.2, 0) is 0 Å². The Hall–Kier alpha value is -6.22. The highest BCUT2D eigenvalue weighted by Crippen LogP contribution is 2.30. The monoisotopic (exact) mass is 616 g/mol. The van der Waals surface area contributed by atoms with Crippen LogP contribution in [-0.4, -0.2) is 35.6 Å². The summed E-state index contributed by atoms with van der Waals surface area (Å²) in [5.41, 5.74) is 13.8. The summed E-state index contributed by atoms with van der Waals surface area (Å²) in [6, 6.07) is 7.48. The maximum atomic E-state index is 15.0. The lowest BCUT2D eigenvalue weighted by Crippen LogP contribution is -2.13. The number of carbonyl (C=O) groups is 1. The third-order valence-corrected chi connectivity index (χ3v) is 7.05. The van der Waals surface area contributed by atoms with Gasteiger partial charge in [0.15, 0.2) is 0 Å². The molecule has 0 radical (unpaired) electrons. The quantitative estimate of drug-likeness (QED) is 0.244. The van der Waals surface area contributed by atoms with Gasteiger partial charge in [-0.15, -0.1) is 0 Å². The summed E-state index contributed by atoms with van der Waals surface area (Å²) in [6.45, 7) is 0. The van der Waals surface area contributed by atoms with E-state index < -0.39 is 23.6 Å². The molecule has 0 saturated heterocycles. The van der Waals surface area contributed by atoms with Crippen LogP contribution >= 0.6 is 11.6 Å². The summed E-state index contributed by atoms with van der Waals surface area (Å²) in [4.78, 5) is 26.9. The normalized spacial score (nSPS) is 11.2. The number of H-pyrrole nitrogens is 1. The van der Waals surface area contributed by atoms with Gasteiger partial charge in [0, 0.05) is 59.3 Å². The Bertz CT molecular complexity index is 2310. The van der Waals surface area contributed by atoms with E-state index in [1.807, 2.05) is 0 Å². The number of halogens is 3. The minimum absolute atomic E-state index is 0.0169. The molecule has 6 aromatic rings. The summed E-state index contributed by atoms with van der Waals surface area (Å²) in [5, 5.41) is 6.19. The van der Waals surface area contributed by atoms with Crippen molar-refractivity contribution in [3.8, 4) is 35.5 Å². The molecule has 1 amide bonds. The maximum absolute atomic E-state index is 15.0. The molecule has 0 spiro atoms. The number of primary amides is 1. The minimum Gasteiger partial charge on any atom is -0.368 e. The second kappa shape index (κ2) is 12.2. The molecule has 12 heteroatoms. The Balaban J connectivity index is 1.35. The van der Waals surface area contributed by atoms with E-state index in [0.29, 0.717) is 43.6 Å². The van der Waals surface area contributed by atoms with Gasteiger partial charge in [-0.2, -0.15) is 5.10 Å². The molecular weight excluding hydrogens is 598 g/mol. The van der Waals surface area contributed by atoms with E-state index in [1.54, 1.807) is 30.6 Å². The molecule has 0 aliphatic carbocycles. The number of anilines is 1. The summed E-state index contributed by atoms with van der Waals surface area (Å²) >= 11 is 6.58. The fourth-order valence-corrected chi connectivity index (χ4v) is 4.87. The number of nitrogens with one attached hydrogen (secondary N) is 1. The van der Waals surface area contributed by atoms with Gasteiger partial charge >= 0.3 is 0 Å². The molecule has 0 saturated carbocycles. The van der Waals surface area contributed by atoms with Crippen LogP contribution in [0.3, 0.4) is 0 Å². The van der Waals surface area contributed by atoms with Crippen molar-refractivity contribution in [2.75, 3.05) is 5.73 Å². The SMILES string of the molecule is NC(=O)c1cnc2[nH]ccc2c1C#CC#CCC(c1cc(F)ccc1F)n1cc2c(Cl)cc(C#Cc3cnc(N)nc3)cc2n1. The van der Waals surface area contributed by atoms with Crippen LogP contribution in [0.2, 0.25) is 5.02 Å². The zero-order chi connectivity index (χ0) is 31.5. The first-order valence-electron chi connectivity index (χ1n) is 13.2. The molecule has 218 valence electrons. The van der Waals surface area contributed by atoms with E-state index in [0.717, 1.165) is 18.2 Å². The Labute approximate surface area is 259 Å². The first-order valence-corrected chi connectivity index (χ1v) is 13.6. The van der Waals surface area contributed by atoms with Gasteiger partial charge < -0.3 is 16.5 Å². The zero-order valence-corrected chi connectivity index (χ0v) is 23.8. The Morgan fingerprint density at radius 1 is 0.978 bits per heavy atom. The third-order valence-electron chi connectivity index (χ3n) is 6.74. The number of hydrogen-bond donors (Lipinski definition) is 3. The van der Waals surface area contributed by atoms with E-state index in [2.05, 4.69) is 60.6 Å². The van der Waals surface area contributed by atoms with E-state index in [1.165, 1.54) is 23.3 Å². The number of aromatic amines is 1. The van der Waals surface area contributed by atoms with Gasteiger partial charge in [-0.25, -0.2) is 23.7 Å². The van der Waals surface area contributed by atoms with Crippen LogP contribution in [0.15, 0.2) is 67.4 Å². The van der Waals surface area contributed by atoms with Crippen molar-refractivity contribution in [1.82, 2.24) is 29.7 Å². The molecule has 0 aliphatic rings. The number of carbonyl (C=O) groups excluding carboxylic acids is 1. The molecule has 0 bridgehead atoms. The molecule has 4 aromatic heterocycles. The van der Waals surface area contributed by atoms with Gasteiger partial charge in [0.05, 0.1) is 33.3 Å². The molecule has 2 aromatic carbocycles. The lowest BCUT2D eigenvalue weighted by Gasteiger charge is -2.16. The molecular formula is C33H19ClF2N8O. The smallest absolute Gasteiger partial charge is 0.251 e. The number of pyridine rings is 1. The second-order valence-electron chi connectivity index (χ2n) is 9.67. The molecule has 1 unspecified atom stereocenters. The highest BCUT2D eigenvalue weighted by atomic mass is 35.5. The minimum atomic E-state index is -0.835. The predicted molar refractivity (Wildman–Crippen MR) is 166 cm³/mol. The molecule has 45 heavy (non-hydrogen) atoms. The lowest BCUT2D eigenvalue weighted by molar-refractivity contribution is 0.1000. The summed E-state index contributed by atoms with van der Waals surface area (Å²) in [6.07, 6.45) is 7.68. The predicted octanol–water partition coefficient (Wildman–Crippen LogP) is 4.75. The summed E-state index contributed by atoms with van der Waals surface area (Å²) in [5.74, 6) is 15.4. The number of fused-ring (bicyclic) bond motifs is 2. The van der Waals surface area contributed by atoms with Crippen molar-refractivity contribution in [1.29, 1.82) is 0 Å². The molecule has 0 fully saturated rings. The van der Waals surface area contributed by atoms with E-state index >= 15 is 4.39 Å². The first-order chi connectivity index (χ1) is 21.8. The van der Waals surface area contributed by atoms with Crippen LogP contribution < -0.4 is 11.5 Å². The van der Waals surface area contributed by atoms with Crippen LogP contribution in [0.4, 0.5) is 14.7 Å². The average Bonchev–Trinajstić information content (AvgIpc) is 3.68. The van der Waals surface area contributed by atoms with E-state index in [-0.39, 0.29) is 23.5 Å². The fraction of sp³-hybridized carbons (Fsp3) is 0.0606. The van der Waals surface area contributed by atoms with Crippen LogP contribution in [0, 0.1) is 47.2 Å². The molecule has 9 nitrogen and oxygen atoms in total. The average molecular weight is 617 g/mol. The van der Waals surface area contributed by atoms with Gasteiger partial charge in [-0.05, 0) is 48.2 Å². The van der Waals surface area contributed by atoms with Gasteiger partial charge in [-0.1, -0.05) is 35.3 Å². The standard InChI is InChI=1S/C33H19ClF2N8O/c34-27-12-19(6-7-20-15-41-33(38)42-16-20)13-29-26(27)18-44(43-29)30(24-14-21(35)8-9-28(24)36)5-3-1-2-4-22-23-10-11-39-32(23)40-17-25(22)31(37)45/h8-18,30H,5H2,(H2,37,45)(H,39,40)(H2,38,41,42). The van der Waals surface area contributed by atoms with Crippen molar-refractivity contribution in [2.24, 2.45) is 5.73 Å². The van der Waals surface area contributed by atoms with Crippen LogP contribution in [0.1, 0.15) is 45.1 Å². The van der Waals surface area contributed by atoms with Crippen LogP contribution in [0.25, 0.3) is 21.9 Å². The molecule has 6 rings (SSSR count).